The number of nitrogens with zero attached hydrogens (tertiary/aromatic N) is 3. The maximum Gasteiger partial charge on any atom is 0.149 e. The van der Waals surface area contributed by atoms with Gasteiger partial charge in [0, 0.05) is 28.5 Å². The van der Waals surface area contributed by atoms with Crippen LogP contribution in [0.2, 0.25) is 0 Å². The summed E-state index contributed by atoms with van der Waals surface area (Å²) in [5.41, 5.74) is 17.6. The number of benzene rings is 7. The largest absolute Gasteiger partial charge is 0.507 e. The summed E-state index contributed by atoms with van der Waals surface area (Å²) in [5.74, 6) is 1.04. The first kappa shape index (κ1) is 41.0. The number of aromatic hydroxyl groups is 1. The third-order valence-electron chi connectivity index (χ3n) is 13.6. The van der Waals surface area contributed by atoms with Crippen molar-refractivity contribution >= 4 is 11.0 Å². The first-order chi connectivity index (χ1) is 30.8. The molecule has 1 aliphatic rings. The van der Waals surface area contributed by atoms with Gasteiger partial charge in [0.05, 0.1) is 28.0 Å². The number of hydrogen-bond acceptors (Lipinski definition) is 3. The van der Waals surface area contributed by atoms with E-state index in [1.807, 2.05) is 6.20 Å². The van der Waals surface area contributed by atoms with E-state index >= 15 is 0 Å². The van der Waals surface area contributed by atoms with Gasteiger partial charge < -0.3 is 5.11 Å². The minimum absolute atomic E-state index is 0.0504. The van der Waals surface area contributed by atoms with Crippen molar-refractivity contribution in [1.29, 1.82) is 0 Å². The average Bonchev–Trinajstić information content (AvgIpc) is 3.70. The highest BCUT2D eigenvalue weighted by molar-refractivity contribution is 5.98. The molecule has 0 unspecified atom stereocenters. The van der Waals surface area contributed by atoms with Crippen LogP contribution in [0.15, 0.2) is 176 Å². The lowest BCUT2D eigenvalue weighted by Crippen LogP contribution is -2.34. The lowest BCUT2D eigenvalue weighted by atomic mass is 9.62. The normalized spacial score (nSPS) is 14.4. The number of hydrogen-bond donors (Lipinski definition) is 1. The van der Waals surface area contributed by atoms with E-state index in [0.29, 0.717) is 11.6 Å². The van der Waals surface area contributed by atoms with Crippen LogP contribution in [0.5, 0.6) is 5.75 Å². The Kier molecular flexibility index (Phi) is 10.0. The van der Waals surface area contributed by atoms with Gasteiger partial charge in [-0.3, -0.25) is 9.55 Å². The number of aromatic nitrogens is 3. The van der Waals surface area contributed by atoms with Crippen LogP contribution in [0.3, 0.4) is 0 Å². The van der Waals surface area contributed by atoms with Crippen molar-refractivity contribution in [3.05, 3.63) is 193 Å². The van der Waals surface area contributed by atoms with Crippen molar-refractivity contribution in [2.24, 2.45) is 0 Å². The van der Waals surface area contributed by atoms with Crippen LogP contribution in [0.1, 0.15) is 78.0 Å². The number of fused-ring (bicyclic) bond motifs is 2. The molecular weight excluding hydrogens is 779 g/mol. The van der Waals surface area contributed by atoms with Crippen LogP contribution in [-0.4, -0.2) is 19.6 Å². The molecule has 316 valence electrons. The Bertz CT molecular complexity index is 3190. The molecular formula is C60H55N3O. The predicted octanol–water partition coefficient (Wildman–Crippen LogP) is 15.8. The van der Waals surface area contributed by atoms with Crippen molar-refractivity contribution in [2.75, 3.05) is 0 Å². The third-order valence-corrected chi connectivity index (χ3v) is 13.6. The lowest BCUT2D eigenvalue weighted by Gasteiger charge is -2.42. The summed E-state index contributed by atoms with van der Waals surface area (Å²) < 4.78 is 2.27. The number of rotatable bonds is 7. The molecule has 0 amide bonds. The molecule has 1 aliphatic carbocycles. The molecule has 0 bridgehead atoms. The Labute approximate surface area is 378 Å². The van der Waals surface area contributed by atoms with Gasteiger partial charge in [-0.25, -0.2) is 4.98 Å². The molecule has 4 heteroatoms. The van der Waals surface area contributed by atoms with Crippen molar-refractivity contribution in [3.8, 4) is 78.6 Å². The van der Waals surface area contributed by atoms with Crippen molar-refractivity contribution < 1.29 is 5.11 Å². The minimum Gasteiger partial charge on any atom is -0.507 e. The van der Waals surface area contributed by atoms with Gasteiger partial charge in [0.25, 0.3) is 0 Å². The Morgan fingerprint density at radius 3 is 1.84 bits per heavy atom. The molecule has 1 N–H and O–H groups in total. The molecule has 0 atom stereocenters. The van der Waals surface area contributed by atoms with E-state index in [-0.39, 0.29) is 16.2 Å². The fourth-order valence-corrected chi connectivity index (χ4v) is 9.81. The summed E-state index contributed by atoms with van der Waals surface area (Å²) in [4.78, 5) is 10.6. The second-order valence-corrected chi connectivity index (χ2v) is 19.9. The second kappa shape index (κ2) is 15.6. The monoisotopic (exact) mass is 833 g/mol. The van der Waals surface area contributed by atoms with Crippen LogP contribution in [-0.2, 0) is 16.2 Å². The zero-order chi connectivity index (χ0) is 44.4. The first-order valence-electron chi connectivity index (χ1n) is 22.6. The maximum absolute atomic E-state index is 12.6. The van der Waals surface area contributed by atoms with Gasteiger partial charge in [-0.1, -0.05) is 176 Å². The van der Waals surface area contributed by atoms with Gasteiger partial charge in [-0.2, -0.15) is 0 Å². The summed E-state index contributed by atoms with van der Waals surface area (Å²) >= 11 is 0. The van der Waals surface area contributed by atoms with Crippen LogP contribution in [0.4, 0.5) is 0 Å². The van der Waals surface area contributed by atoms with E-state index in [2.05, 4.69) is 223 Å². The van der Waals surface area contributed by atoms with Crippen molar-refractivity contribution in [3.63, 3.8) is 0 Å². The number of imidazole rings is 1. The molecule has 9 aromatic rings. The van der Waals surface area contributed by atoms with E-state index in [9.17, 15) is 5.11 Å². The van der Waals surface area contributed by atoms with E-state index in [1.165, 1.54) is 22.3 Å². The molecule has 64 heavy (non-hydrogen) atoms. The Morgan fingerprint density at radius 1 is 0.516 bits per heavy atom. The smallest absolute Gasteiger partial charge is 0.149 e. The maximum atomic E-state index is 12.6. The highest BCUT2D eigenvalue weighted by Crippen LogP contribution is 2.52. The zero-order valence-corrected chi connectivity index (χ0v) is 37.9. The molecule has 0 radical (unpaired) electrons. The molecule has 0 aliphatic heterocycles. The minimum atomic E-state index is -0.199. The van der Waals surface area contributed by atoms with Crippen LogP contribution in [0, 0.1) is 0 Å². The number of phenols is 1. The summed E-state index contributed by atoms with van der Waals surface area (Å²) in [6, 6.07) is 60.4. The molecule has 0 saturated carbocycles. The highest BCUT2D eigenvalue weighted by Gasteiger charge is 2.40. The number of para-hydroxylation sites is 2. The summed E-state index contributed by atoms with van der Waals surface area (Å²) in [5, 5.41) is 12.6. The molecule has 2 heterocycles. The van der Waals surface area contributed by atoms with E-state index in [1.54, 1.807) is 0 Å². The zero-order valence-electron chi connectivity index (χ0n) is 37.9. The van der Waals surface area contributed by atoms with Crippen LogP contribution in [0.25, 0.3) is 83.9 Å². The van der Waals surface area contributed by atoms with Gasteiger partial charge >= 0.3 is 0 Å². The number of phenolic OH excluding ortho intramolecular Hbond substituents is 1. The quantitative estimate of drug-likeness (QED) is 0.174. The van der Waals surface area contributed by atoms with Gasteiger partial charge in [-0.15, -0.1) is 0 Å². The summed E-state index contributed by atoms with van der Waals surface area (Å²) in [6.07, 6.45) is 3.98. The Morgan fingerprint density at radius 2 is 1.12 bits per heavy atom. The standard InChI is InChI=1S/C60H55N3O/c1-58(2,3)46-36-44(35-45(37-46)51-38-43(31-34-61-51)41-27-25-40(26-28-41)39-17-10-8-11-18-39)48-22-16-24-53-55(48)62-57(63(53)52-23-15-14-21-47(52)42-19-12-9-13-20-42)49-29-30-50-54(56(49)64)60(6,7)33-32-59(50,4)5/h8-31,34-38,64H,32-33H2,1-7H3. The summed E-state index contributed by atoms with van der Waals surface area (Å²) in [6.45, 7) is 15.9. The molecule has 7 aromatic carbocycles. The van der Waals surface area contributed by atoms with E-state index in [4.69, 9.17) is 9.97 Å². The number of pyridine rings is 1. The predicted molar refractivity (Wildman–Crippen MR) is 267 cm³/mol. The molecule has 0 fully saturated rings. The fraction of sp³-hybridized carbons (Fsp3) is 0.200. The third kappa shape index (κ3) is 7.31. The Hall–Kier alpha value is -7.04. The SMILES string of the molecule is CC(C)(C)c1cc(-c2cc(-c3ccc(-c4ccccc4)cc3)ccn2)cc(-c2cccc3c2nc(-c2ccc4c(c2O)C(C)(C)CCC4(C)C)n3-c2ccccc2-c2ccccc2)c1. The molecule has 0 saturated heterocycles. The summed E-state index contributed by atoms with van der Waals surface area (Å²) in [7, 11) is 0. The molecule has 4 nitrogen and oxygen atoms in total. The highest BCUT2D eigenvalue weighted by atomic mass is 16.3. The van der Waals surface area contributed by atoms with Gasteiger partial charge in [0.2, 0.25) is 0 Å². The van der Waals surface area contributed by atoms with E-state index in [0.717, 1.165) is 85.3 Å². The van der Waals surface area contributed by atoms with Crippen LogP contribution < -0.4 is 0 Å². The molecule has 2 aromatic heterocycles. The molecule has 10 rings (SSSR count). The van der Waals surface area contributed by atoms with Gasteiger partial charge in [0.1, 0.15) is 11.6 Å². The second-order valence-electron chi connectivity index (χ2n) is 19.9. The van der Waals surface area contributed by atoms with Crippen LogP contribution >= 0.6 is 0 Å². The average molecular weight is 834 g/mol. The van der Waals surface area contributed by atoms with E-state index < -0.39 is 0 Å². The topological polar surface area (TPSA) is 50.9 Å². The van der Waals surface area contributed by atoms with Crippen molar-refractivity contribution in [1.82, 2.24) is 14.5 Å². The fourth-order valence-electron chi connectivity index (χ4n) is 9.81. The molecule has 0 spiro atoms. The van der Waals surface area contributed by atoms with Gasteiger partial charge in [-0.05, 0) is 116 Å². The van der Waals surface area contributed by atoms with Gasteiger partial charge in [0.15, 0.2) is 0 Å². The Balaban J connectivity index is 1.17. The van der Waals surface area contributed by atoms with Crippen molar-refractivity contribution in [2.45, 2.75) is 77.6 Å². The first-order valence-corrected chi connectivity index (χ1v) is 22.6. The lowest BCUT2D eigenvalue weighted by molar-refractivity contribution is 0.318.